The number of ketones is 1. The van der Waals surface area contributed by atoms with E-state index >= 15 is 0 Å². The SMILES string of the molecule is CC(=O)c1cc(C(C)(C)C)sn1.CC(C)(C)C1=NC(C2CC2)N=C1.CC(C)(C)C1=NC(C2CCCC2)N=C1.CC(C)(C)C1=NC(C2CCCCC2)N=C1.CC1N=CC(C(C)(C)C)=N1.CCc1cc(C(C)(C)C)sn1.CN(C)Cc1cc(C(C)(C)C)sn1.CN1CCC(C2N=CC(C(C)(C)C)=N2)CC1.Cc1cc(C(C)(C)C)on1.Cc1cc(C(C)(C)C)sn1. The first-order chi connectivity index (χ1) is 56.5. The van der Waals surface area contributed by atoms with Gasteiger partial charge in [-0.1, -0.05) is 252 Å². The van der Waals surface area contributed by atoms with Crippen LogP contribution in [0.2, 0.25) is 0 Å². The average molecular weight is 1770 g/mol. The Bertz CT molecular complexity index is 4300. The molecule has 1 saturated heterocycles. The lowest BCUT2D eigenvalue weighted by molar-refractivity contribution is 0.101. The quantitative estimate of drug-likeness (QED) is 0.134. The van der Waals surface area contributed by atoms with E-state index < -0.39 is 0 Å². The molecular formula is C100H167N17O2S4. The lowest BCUT2D eigenvalue weighted by Gasteiger charge is -2.30. The van der Waals surface area contributed by atoms with Crippen molar-refractivity contribution >= 4 is 112 Å². The van der Waals surface area contributed by atoms with Crippen molar-refractivity contribution in [3.63, 3.8) is 0 Å². The van der Waals surface area contributed by atoms with Crippen LogP contribution in [0.3, 0.4) is 0 Å². The highest BCUT2D eigenvalue weighted by Crippen LogP contribution is 2.39. The molecule has 688 valence electrons. The molecule has 19 nitrogen and oxygen atoms in total. The summed E-state index contributed by atoms with van der Waals surface area (Å²) in [5.41, 5.74) is 12.6. The van der Waals surface area contributed by atoms with Crippen molar-refractivity contribution in [2.75, 3.05) is 34.2 Å². The second-order valence-corrected chi connectivity index (χ2v) is 48.6. The van der Waals surface area contributed by atoms with Crippen LogP contribution in [-0.4, -0.2) is 163 Å². The van der Waals surface area contributed by atoms with Crippen LogP contribution in [0.5, 0.6) is 0 Å². The average Bonchev–Trinajstić information content (AvgIpc) is 1.68. The first kappa shape index (κ1) is 108. The van der Waals surface area contributed by atoms with Crippen molar-refractivity contribution in [1.29, 1.82) is 0 Å². The van der Waals surface area contributed by atoms with Crippen LogP contribution in [0, 0.1) is 64.6 Å². The first-order valence-electron chi connectivity index (χ1n) is 45.7. The van der Waals surface area contributed by atoms with E-state index in [4.69, 9.17) is 19.5 Å². The van der Waals surface area contributed by atoms with Gasteiger partial charge in [0.25, 0.3) is 0 Å². The Balaban J connectivity index is 0.000000244. The number of carbonyl (C=O) groups excluding carboxylic acids is 1. The molecule has 3 saturated carbocycles. The molecule has 4 fully saturated rings. The molecule has 11 heterocycles. The summed E-state index contributed by atoms with van der Waals surface area (Å²) in [4.78, 5) is 66.3. The highest BCUT2D eigenvalue weighted by Gasteiger charge is 2.36. The number of rotatable bonds is 8. The second-order valence-electron chi connectivity index (χ2n) is 45.4. The zero-order valence-electron chi connectivity index (χ0n) is 84.0. The standard InChI is InChI=1S/C13H23N3.C13H22N2.C12H20N2.C10H18N2S.C10H16N2.C9H13NOS.C9H15NS.C8H14N2.C8H13NO.C8H13NS/c1-13(2,3)11-9-14-12(15-11)10-5-7-16(4)8-6-10;1-13(2,3)11-9-14-12(15-11)10-7-5-4-6-8-10;1-12(2,3)10-8-13-11(14-10)9-6-4-5-7-9;1-10(2,3)9-6-8(11-13-9)7-12(4)5;1-10(2,3)8-6-11-9(12-8)7-4-5-7;1-6(11)7-5-8(12-10-7)9(2,3)4;1-5-7-6-8(11-10-7)9(2,3)4;1-6-9-5-7(10-6)8(2,3)4;2*1-6-5-7(10-9-6)8(2,3)4/h9-10,12H,5-8H2,1-4H3;9-10,12H,4-8H2,1-3H3;8-9,11H,4-7H2,1-3H3;6H,7H2,1-5H3;6-7,9H,4-5H2,1-3H3;5H,1-4H3;6H,5H2,1-4H3;5-6H,1-4H3;2*5H,1-4H3. The van der Waals surface area contributed by atoms with Crippen LogP contribution >= 0.6 is 46.1 Å². The Kier molecular flexibility index (Phi) is 40.5. The Morgan fingerprint density at radius 1 is 0.390 bits per heavy atom. The van der Waals surface area contributed by atoms with Gasteiger partial charge in [0.05, 0.1) is 51.3 Å². The maximum Gasteiger partial charge on any atom is 0.179 e. The van der Waals surface area contributed by atoms with Gasteiger partial charge in [-0.3, -0.25) is 54.7 Å². The lowest BCUT2D eigenvalue weighted by atomic mass is 9.87. The van der Waals surface area contributed by atoms with Crippen LogP contribution in [0.4, 0.5) is 0 Å². The van der Waals surface area contributed by atoms with E-state index in [-0.39, 0.29) is 90.8 Å². The zero-order valence-corrected chi connectivity index (χ0v) is 87.3. The van der Waals surface area contributed by atoms with E-state index in [0.717, 1.165) is 64.2 Å². The van der Waals surface area contributed by atoms with Crippen LogP contribution in [0.25, 0.3) is 0 Å². The van der Waals surface area contributed by atoms with Crippen molar-refractivity contribution in [1.82, 2.24) is 32.5 Å². The normalized spacial score (nSPS) is 20.8. The van der Waals surface area contributed by atoms with Crippen molar-refractivity contribution < 1.29 is 9.32 Å². The third-order valence-electron chi connectivity index (χ3n) is 22.0. The van der Waals surface area contributed by atoms with Gasteiger partial charge in [0.2, 0.25) is 0 Å². The molecule has 0 aromatic carbocycles. The molecule has 0 radical (unpaired) electrons. The smallest absolute Gasteiger partial charge is 0.179 e. The van der Waals surface area contributed by atoms with E-state index in [9.17, 15) is 4.79 Å². The summed E-state index contributed by atoms with van der Waals surface area (Å²) < 4.78 is 22.1. The minimum Gasteiger partial charge on any atom is -0.361 e. The van der Waals surface area contributed by atoms with Crippen LogP contribution in [0.1, 0.15) is 370 Å². The molecule has 5 unspecified atom stereocenters. The van der Waals surface area contributed by atoms with Crippen molar-refractivity contribution in [3.8, 4) is 0 Å². The molecule has 14 rings (SSSR count). The van der Waals surface area contributed by atoms with Crippen molar-refractivity contribution in [3.05, 3.63) is 84.1 Å². The fraction of sp³-hybridized carbons (Fsp3) is 0.740. The van der Waals surface area contributed by atoms with Gasteiger partial charge in [0, 0.05) is 126 Å². The fourth-order valence-corrected chi connectivity index (χ4v) is 16.5. The first-order valence-corrected chi connectivity index (χ1v) is 48.8. The molecule has 6 aliphatic heterocycles. The lowest BCUT2D eigenvalue weighted by Crippen LogP contribution is -2.34. The van der Waals surface area contributed by atoms with Gasteiger partial charge >= 0.3 is 0 Å². The number of Topliss-reactive ketones (excluding diaryl/α,β-unsaturated/α-hetero) is 1. The molecule has 9 aliphatic rings. The van der Waals surface area contributed by atoms with Crippen LogP contribution in [-0.2, 0) is 40.0 Å². The number of nitrogens with zero attached hydrogens (tertiary/aromatic N) is 17. The number of aryl methyl sites for hydroxylation is 3. The summed E-state index contributed by atoms with van der Waals surface area (Å²) >= 11 is 6.27. The monoisotopic (exact) mass is 1770 g/mol. The Hall–Kier alpha value is -5.98. The highest BCUT2D eigenvalue weighted by atomic mass is 32.1. The largest absolute Gasteiger partial charge is 0.361 e. The Morgan fingerprint density at radius 2 is 0.715 bits per heavy atom. The number of hydrogen-bond acceptors (Lipinski definition) is 23. The van der Waals surface area contributed by atoms with Gasteiger partial charge in [-0.2, -0.15) is 17.5 Å². The van der Waals surface area contributed by atoms with E-state index in [1.54, 1.807) is 41.5 Å². The predicted octanol–water partition coefficient (Wildman–Crippen LogP) is 26.1. The summed E-state index contributed by atoms with van der Waals surface area (Å²) in [5.74, 6) is 3.86. The van der Waals surface area contributed by atoms with Crippen LogP contribution < -0.4 is 0 Å². The second kappa shape index (κ2) is 46.3. The number of aromatic nitrogens is 5. The Morgan fingerprint density at radius 3 is 0.959 bits per heavy atom. The summed E-state index contributed by atoms with van der Waals surface area (Å²) in [6.45, 7) is 78.4. The molecule has 5 aromatic heterocycles. The summed E-state index contributed by atoms with van der Waals surface area (Å²) in [6, 6.07) is 10.4. The summed E-state index contributed by atoms with van der Waals surface area (Å²) in [6.07, 6.45) is 29.3. The Labute approximate surface area is 763 Å². The number of hydrogen-bond donors (Lipinski definition) is 0. The van der Waals surface area contributed by atoms with Crippen molar-refractivity contribution in [2.45, 2.75) is 397 Å². The van der Waals surface area contributed by atoms with Crippen molar-refractivity contribution in [2.24, 2.45) is 101 Å². The number of carbonyl (C=O) groups is 1. The van der Waals surface area contributed by atoms with Gasteiger partial charge in [-0.25, -0.2) is 0 Å². The molecule has 3 aliphatic carbocycles. The van der Waals surface area contributed by atoms with E-state index in [0.29, 0.717) is 11.6 Å². The molecule has 0 N–H and O–H groups in total. The van der Waals surface area contributed by atoms with Gasteiger partial charge < -0.3 is 14.3 Å². The third-order valence-corrected chi connectivity index (χ3v) is 27.0. The minimum absolute atomic E-state index is 0.0433. The van der Waals surface area contributed by atoms with Gasteiger partial charge in [-0.05, 0) is 205 Å². The molecule has 5 atom stereocenters. The number of likely N-dealkylation sites (tertiary alicyclic amines) is 1. The molecule has 0 amide bonds. The van der Waals surface area contributed by atoms with Gasteiger partial charge in [0.15, 0.2) is 5.78 Å². The van der Waals surface area contributed by atoms with E-state index in [2.05, 4.69) is 321 Å². The third kappa shape index (κ3) is 38.5. The van der Waals surface area contributed by atoms with Crippen LogP contribution in [0.15, 0.2) is 84.8 Å². The van der Waals surface area contributed by atoms with E-state index in [1.165, 1.54) is 151 Å². The molecular weight excluding hydrogens is 1600 g/mol. The van der Waals surface area contributed by atoms with Gasteiger partial charge in [0.1, 0.15) is 42.3 Å². The van der Waals surface area contributed by atoms with Gasteiger partial charge in [-0.15, -0.1) is 0 Å². The molecule has 5 aromatic rings. The number of piperidine rings is 1. The maximum absolute atomic E-state index is 10.9. The summed E-state index contributed by atoms with van der Waals surface area (Å²) in [5, 5.41) is 3.81. The topological polar surface area (TPSA) is 225 Å². The molecule has 0 bridgehead atoms. The molecule has 23 heteroatoms. The minimum atomic E-state index is 0.0433. The highest BCUT2D eigenvalue weighted by molar-refractivity contribution is 7.06. The maximum atomic E-state index is 10.9. The predicted molar refractivity (Wildman–Crippen MR) is 538 cm³/mol. The summed E-state index contributed by atoms with van der Waals surface area (Å²) in [7, 11) is 6.32. The van der Waals surface area contributed by atoms with E-state index in [1.807, 2.05) is 64.0 Å². The molecule has 123 heavy (non-hydrogen) atoms. The molecule has 0 spiro atoms. The fourth-order valence-electron chi connectivity index (χ4n) is 13.2. The zero-order chi connectivity index (χ0) is 92.8. The number of aliphatic imine (C=N–C) groups is 10.